The van der Waals surface area contributed by atoms with E-state index in [1.807, 2.05) is 30.3 Å². The predicted molar refractivity (Wildman–Crippen MR) is 101 cm³/mol. The van der Waals surface area contributed by atoms with Gasteiger partial charge in [0.05, 0.1) is 22.6 Å². The molecule has 0 aromatic heterocycles. The zero-order valence-electron chi connectivity index (χ0n) is 14.5. The fourth-order valence-electron chi connectivity index (χ4n) is 2.10. The monoisotopic (exact) mass is 388 g/mol. The molecule has 1 amide bonds. The van der Waals surface area contributed by atoms with Gasteiger partial charge in [0.2, 0.25) is 0 Å². The maximum Gasteiger partial charge on any atom is 0.407 e. The average molecular weight is 389 g/mol. The molecule has 27 heavy (non-hydrogen) atoms. The molecule has 2 rings (SSSR count). The topological polar surface area (TPSA) is 90.7 Å². The van der Waals surface area contributed by atoms with Crippen LogP contribution in [0.5, 0.6) is 5.75 Å². The number of carbonyl (C=O) groups excluding carboxylic acids is 1. The van der Waals surface area contributed by atoms with E-state index in [4.69, 9.17) is 21.1 Å². The lowest BCUT2D eigenvalue weighted by Crippen LogP contribution is -2.24. The van der Waals surface area contributed by atoms with E-state index < -0.39 is 11.0 Å². The molecule has 0 saturated heterocycles. The van der Waals surface area contributed by atoms with Crippen LogP contribution >= 0.6 is 11.6 Å². The zero-order chi connectivity index (χ0) is 19.6. The Morgan fingerprint density at radius 2 is 2.04 bits per heavy atom. The van der Waals surface area contributed by atoms with Gasteiger partial charge in [-0.1, -0.05) is 53.8 Å². The smallest absolute Gasteiger partial charge is 0.407 e. The number of nitrogens with one attached hydrogen (secondary N) is 1. The summed E-state index contributed by atoms with van der Waals surface area (Å²) in [7, 11) is 1.33. The van der Waals surface area contributed by atoms with Crippen LogP contribution in [0.4, 0.5) is 10.5 Å². The molecule has 2 aromatic carbocycles. The van der Waals surface area contributed by atoms with Crippen LogP contribution in [0.25, 0.3) is 0 Å². The normalized spacial score (nSPS) is 9.70. The third-order valence-corrected chi connectivity index (χ3v) is 3.73. The number of halogens is 1. The summed E-state index contributed by atoms with van der Waals surface area (Å²) in [5.74, 6) is 5.63. The third kappa shape index (κ3) is 6.20. The molecule has 0 radical (unpaired) electrons. The number of methoxy groups -OCH3 is 1. The van der Waals surface area contributed by atoms with Gasteiger partial charge in [0, 0.05) is 25.1 Å². The molecular formula is C19H17ClN2O5. The molecular weight excluding hydrogens is 372 g/mol. The Morgan fingerprint density at radius 3 is 2.70 bits per heavy atom. The second kappa shape index (κ2) is 10.0. The number of rotatable bonds is 6. The van der Waals surface area contributed by atoms with Crippen LogP contribution in [0.15, 0.2) is 42.5 Å². The molecule has 0 saturated carbocycles. The maximum absolute atomic E-state index is 11.6. The van der Waals surface area contributed by atoms with Crippen molar-refractivity contribution in [3.8, 4) is 17.6 Å². The van der Waals surface area contributed by atoms with Crippen molar-refractivity contribution in [2.45, 2.75) is 13.0 Å². The number of nitro groups is 1. The van der Waals surface area contributed by atoms with Gasteiger partial charge in [-0.2, -0.15) is 0 Å². The summed E-state index contributed by atoms with van der Waals surface area (Å²) in [6.45, 7) is 0.458. The molecule has 1 N–H and O–H groups in total. The van der Waals surface area contributed by atoms with Crippen LogP contribution in [0.3, 0.4) is 0 Å². The van der Waals surface area contributed by atoms with E-state index in [2.05, 4.69) is 17.2 Å². The molecule has 140 valence electrons. The first-order valence-corrected chi connectivity index (χ1v) is 8.34. The van der Waals surface area contributed by atoms with Gasteiger partial charge >= 0.3 is 11.8 Å². The minimum absolute atomic E-state index is 0.0679. The Kier molecular flexibility index (Phi) is 7.47. The average Bonchev–Trinajstić information content (AvgIpc) is 2.67. The minimum Gasteiger partial charge on any atom is -0.490 e. The van der Waals surface area contributed by atoms with Gasteiger partial charge in [0.15, 0.2) is 5.75 Å². The number of ether oxygens (including phenoxy) is 2. The lowest BCUT2D eigenvalue weighted by Gasteiger charge is -2.05. The molecule has 0 aliphatic carbocycles. The predicted octanol–water partition coefficient (Wildman–Crippen LogP) is 3.92. The van der Waals surface area contributed by atoms with E-state index in [0.29, 0.717) is 12.0 Å². The number of benzene rings is 2. The summed E-state index contributed by atoms with van der Waals surface area (Å²) in [5.41, 5.74) is 0.993. The second-order valence-electron chi connectivity index (χ2n) is 5.30. The number of hydrogen-bond acceptors (Lipinski definition) is 5. The van der Waals surface area contributed by atoms with Crippen LogP contribution in [-0.2, 0) is 11.3 Å². The lowest BCUT2D eigenvalue weighted by molar-refractivity contribution is -0.385. The first-order chi connectivity index (χ1) is 13.0. The van der Waals surface area contributed by atoms with Crippen molar-refractivity contribution in [3.63, 3.8) is 0 Å². The van der Waals surface area contributed by atoms with Crippen molar-refractivity contribution in [3.05, 3.63) is 68.7 Å². The number of nitrogens with zero attached hydrogens (tertiary/aromatic N) is 1. The van der Waals surface area contributed by atoms with Crippen molar-refractivity contribution in [1.82, 2.24) is 5.32 Å². The Labute approximate surface area is 161 Å². The van der Waals surface area contributed by atoms with E-state index in [9.17, 15) is 14.9 Å². The molecule has 0 aliphatic heterocycles. The summed E-state index contributed by atoms with van der Waals surface area (Å²) in [5, 5.41) is 13.9. The van der Waals surface area contributed by atoms with E-state index in [1.54, 1.807) is 0 Å². The number of hydrogen-bond donors (Lipinski definition) is 1. The summed E-state index contributed by atoms with van der Waals surface area (Å²) in [6, 6.07) is 11.9. The highest BCUT2D eigenvalue weighted by Gasteiger charge is 2.17. The fraction of sp³-hybridized carbons (Fsp3) is 0.211. The summed E-state index contributed by atoms with van der Waals surface area (Å²) >= 11 is 6.05. The summed E-state index contributed by atoms with van der Waals surface area (Å²) in [6.07, 6.45) is -0.213. The molecule has 0 heterocycles. The van der Waals surface area contributed by atoms with Crippen molar-refractivity contribution < 1.29 is 19.2 Å². The number of carbonyl (C=O) groups is 1. The summed E-state index contributed by atoms with van der Waals surface area (Å²) in [4.78, 5) is 22.1. The lowest BCUT2D eigenvalue weighted by atomic mass is 10.2. The Balaban J connectivity index is 1.84. The van der Waals surface area contributed by atoms with Crippen LogP contribution < -0.4 is 10.1 Å². The molecule has 7 nitrogen and oxygen atoms in total. The SMILES string of the molecule is COc1cc(Cl)c(C#CCCNC(=O)OCc2ccccc2)cc1[N+](=O)[O-]. The number of alkyl carbamates (subject to hydrolysis) is 1. The van der Waals surface area contributed by atoms with E-state index in [0.717, 1.165) is 5.56 Å². The van der Waals surface area contributed by atoms with Crippen LogP contribution in [0, 0.1) is 22.0 Å². The summed E-state index contributed by atoms with van der Waals surface area (Å²) < 4.78 is 10.0. The minimum atomic E-state index is -0.565. The van der Waals surface area contributed by atoms with Gasteiger partial charge in [-0.15, -0.1) is 0 Å². The van der Waals surface area contributed by atoms with Crippen molar-refractivity contribution >= 4 is 23.4 Å². The standard InChI is InChI=1S/C19H17ClN2O5/c1-26-18-12-16(20)15(11-17(18)22(24)25)9-5-6-10-21-19(23)27-13-14-7-3-2-4-8-14/h2-4,7-8,11-12H,6,10,13H2,1H3,(H,21,23). The molecule has 0 spiro atoms. The van der Waals surface area contributed by atoms with E-state index in [1.165, 1.54) is 19.2 Å². The van der Waals surface area contributed by atoms with Crippen LogP contribution in [0.2, 0.25) is 5.02 Å². The van der Waals surface area contributed by atoms with Crippen molar-refractivity contribution in [2.24, 2.45) is 0 Å². The Hall–Kier alpha value is -3.24. The van der Waals surface area contributed by atoms with Gasteiger partial charge in [-0.3, -0.25) is 10.1 Å². The Morgan fingerprint density at radius 1 is 1.30 bits per heavy atom. The number of amides is 1. The molecule has 8 heteroatoms. The first kappa shape index (κ1) is 20.1. The van der Waals surface area contributed by atoms with Crippen molar-refractivity contribution in [1.29, 1.82) is 0 Å². The number of nitro benzene ring substituents is 1. The van der Waals surface area contributed by atoms with E-state index in [-0.39, 0.29) is 29.6 Å². The quantitative estimate of drug-likeness (QED) is 0.350. The van der Waals surface area contributed by atoms with Crippen molar-refractivity contribution in [2.75, 3.05) is 13.7 Å². The second-order valence-corrected chi connectivity index (χ2v) is 5.71. The first-order valence-electron chi connectivity index (χ1n) is 7.96. The zero-order valence-corrected chi connectivity index (χ0v) is 15.3. The Bertz CT molecular complexity index is 875. The highest BCUT2D eigenvalue weighted by Crippen LogP contribution is 2.32. The molecule has 2 aromatic rings. The molecule has 0 aliphatic rings. The van der Waals surface area contributed by atoms with Crippen LogP contribution in [-0.4, -0.2) is 24.7 Å². The molecule has 0 bridgehead atoms. The maximum atomic E-state index is 11.6. The van der Waals surface area contributed by atoms with Gasteiger partial charge in [-0.25, -0.2) is 4.79 Å². The highest BCUT2D eigenvalue weighted by molar-refractivity contribution is 6.32. The fourth-order valence-corrected chi connectivity index (χ4v) is 2.31. The molecule has 0 atom stereocenters. The van der Waals surface area contributed by atoms with Gasteiger partial charge in [0.25, 0.3) is 0 Å². The molecule has 0 unspecified atom stereocenters. The van der Waals surface area contributed by atoms with Crippen LogP contribution in [0.1, 0.15) is 17.5 Å². The van der Waals surface area contributed by atoms with Gasteiger partial charge in [0.1, 0.15) is 6.61 Å². The third-order valence-electron chi connectivity index (χ3n) is 3.42. The highest BCUT2D eigenvalue weighted by atomic mass is 35.5. The largest absolute Gasteiger partial charge is 0.490 e. The van der Waals surface area contributed by atoms with Gasteiger partial charge in [-0.05, 0) is 5.56 Å². The van der Waals surface area contributed by atoms with E-state index >= 15 is 0 Å². The van der Waals surface area contributed by atoms with Gasteiger partial charge < -0.3 is 14.8 Å². The molecule has 0 fully saturated rings.